The highest BCUT2D eigenvalue weighted by Gasteiger charge is 1.96. The van der Waals surface area contributed by atoms with Gasteiger partial charge in [-0.05, 0) is 26.8 Å². The van der Waals surface area contributed by atoms with Crippen LogP contribution < -0.4 is 0 Å². The molecule has 0 heterocycles. The minimum atomic E-state index is 0.364. The predicted octanol–water partition coefficient (Wildman–Crippen LogP) is 2.96. The molecule has 0 atom stereocenters. The van der Waals surface area contributed by atoms with Crippen LogP contribution in [0, 0.1) is 0 Å². The first kappa shape index (κ1) is 14.7. The van der Waals surface area contributed by atoms with Gasteiger partial charge in [-0.1, -0.05) is 19.9 Å². The number of rotatable bonds is 2. The van der Waals surface area contributed by atoms with E-state index in [2.05, 4.69) is 18.8 Å². The van der Waals surface area contributed by atoms with E-state index in [1.54, 1.807) is 0 Å². The molecule has 0 radical (unpaired) electrons. The van der Waals surface area contributed by atoms with Crippen LogP contribution in [-0.2, 0) is 0 Å². The third kappa shape index (κ3) is 9.12. The number of allylic oxidation sites excluding steroid dienone is 1. The summed E-state index contributed by atoms with van der Waals surface area (Å²) in [4.78, 5) is 6.44. The van der Waals surface area contributed by atoms with Crippen molar-refractivity contribution in [2.45, 2.75) is 40.7 Å². The highest BCUT2D eigenvalue weighted by molar-refractivity contribution is 5.92. The van der Waals surface area contributed by atoms with Gasteiger partial charge in [0.2, 0.25) is 0 Å². The predicted molar refractivity (Wildman–Crippen MR) is 62.4 cm³/mol. The molecular weight excluding hydrogens is 160 g/mol. The van der Waals surface area contributed by atoms with Gasteiger partial charge in [0.1, 0.15) is 5.84 Å². The van der Waals surface area contributed by atoms with Gasteiger partial charge in [-0.15, -0.1) is 0 Å². The van der Waals surface area contributed by atoms with Gasteiger partial charge in [-0.2, -0.15) is 0 Å². The molecule has 0 aromatic heterocycles. The van der Waals surface area contributed by atoms with E-state index in [9.17, 15) is 0 Å². The fourth-order valence-corrected chi connectivity index (χ4v) is 0.721. The third-order valence-electron chi connectivity index (χ3n) is 1.16. The second kappa shape index (κ2) is 9.30. The molecule has 2 nitrogen and oxygen atoms in total. The number of amidine groups is 1. The number of hydrogen-bond donors (Lipinski definition) is 0. The van der Waals surface area contributed by atoms with Crippen molar-refractivity contribution in [3.63, 3.8) is 0 Å². The van der Waals surface area contributed by atoms with Crippen molar-refractivity contribution in [1.82, 2.24) is 4.90 Å². The van der Waals surface area contributed by atoms with Gasteiger partial charge in [0, 0.05) is 20.1 Å². The van der Waals surface area contributed by atoms with Crippen LogP contribution >= 0.6 is 0 Å². The van der Waals surface area contributed by atoms with E-state index < -0.39 is 0 Å². The molecule has 0 saturated heterocycles. The van der Waals surface area contributed by atoms with Crippen molar-refractivity contribution >= 4 is 5.84 Å². The summed E-state index contributed by atoms with van der Waals surface area (Å²) in [7, 11) is 4.00. The van der Waals surface area contributed by atoms with Crippen molar-refractivity contribution in [2.24, 2.45) is 4.99 Å². The summed E-state index contributed by atoms with van der Waals surface area (Å²) in [6.07, 6.45) is 4.02. The van der Waals surface area contributed by atoms with E-state index in [0.29, 0.717) is 6.04 Å². The lowest BCUT2D eigenvalue weighted by Gasteiger charge is -2.13. The normalized spacial score (nSPS) is 11.5. The maximum Gasteiger partial charge on any atom is 0.122 e. The zero-order valence-corrected chi connectivity index (χ0v) is 10.1. The molecule has 0 fully saturated rings. The number of aliphatic imine (C=N–C) groups is 1. The molecule has 0 rings (SSSR count). The van der Waals surface area contributed by atoms with Gasteiger partial charge in [0.15, 0.2) is 0 Å². The molecule has 0 aromatic carbocycles. The Balaban J connectivity index is 0. The molecule has 0 aliphatic carbocycles. The zero-order valence-electron chi connectivity index (χ0n) is 10.1. The molecule has 2 heteroatoms. The highest BCUT2D eigenvalue weighted by atomic mass is 15.1. The second-order valence-electron chi connectivity index (χ2n) is 2.98. The Morgan fingerprint density at radius 2 is 1.69 bits per heavy atom. The van der Waals surface area contributed by atoms with Crippen LogP contribution in [0.15, 0.2) is 17.1 Å². The average molecular weight is 184 g/mol. The summed E-state index contributed by atoms with van der Waals surface area (Å²) < 4.78 is 0. The lowest BCUT2D eigenvalue weighted by molar-refractivity contribution is 0.615. The van der Waals surface area contributed by atoms with E-state index in [0.717, 1.165) is 5.84 Å². The SMILES string of the molecule is C/C=C\C(=NC(C)C)N(C)C.CC. The van der Waals surface area contributed by atoms with Gasteiger partial charge in [0.25, 0.3) is 0 Å². The first-order valence-electron chi connectivity index (χ1n) is 4.95. The van der Waals surface area contributed by atoms with E-state index in [4.69, 9.17) is 0 Å². The topological polar surface area (TPSA) is 15.6 Å². The molecule has 13 heavy (non-hydrogen) atoms. The largest absolute Gasteiger partial charge is 0.363 e. The standard InChI is InChI=1S/C9H18N2.C2H6/c1-6-7-9(11(4)5)10-8(2)3;1-2/h6-8H,1-5H3;1-2H3/b7-6-,10-9?;. The Labute approximate surface area is 83.4 Å². The third-order valence-corrected chi connectivity index (χ3v) is 1.16. The maximum atomic E-state index is 4.42. The van der Waals surface area contributed by atoms with Crippen LogP contribution in [-0.4, -0.2) is 30.9 Å². The molecule has 0 unspecified atom stereocenters. The lowest BCUT2D eigenvalue weighted by Crippen LogP contribution is -2.21. The molecule has 0 saturated carbocycles. The Hall–Kier alpha value is -0.790. The van der Waals surface area contributed by atoms with Gasteiger partial charge in [-0.25, -0.2) is 0 Å². The number of nitrogens with zero attached hydrogens (tertiary/aromatic N) is 2. The molecule has 0 N–H and O–H groups in total. The van der Waals surface area contributed by atoms with Crippen LogP contribution in [0.1, 0.15) is 34.6 Å². The first-order chi connectivity index (χ1) is 6.07. The van der Waals surface area contributed by atoms with E-state index >= 15 is 0 Å². The smallest absolute Gasteiger partial charge is 0.122 e. The van der Waals surface area contributed by atoms with Gasteiger partial charge in [-0.3, -0.25) is 4.99 Å². The average Bonchev–Trinajstić information content (AvgIpc) is 2.06. The van der Waals surface area contributed by atoms with Crippen LogP contribution in [0.2, 0.25) is 0 Å². The Morgan fingerprint density at radius 1 is 1.23 bits per heavy atom. The van der Waals surface area contributed by atoms with Crippen molar-refractivity contribution in [1.29, 1.82) is 0 Å². The van der Waals surface area contributed by atoms with E-state index in [-0.39, 0.29) is 0 Å². The van der Waals surface area contributed by atoms with Gasteiger partial charge < -0.3 is 4.90 Å². The molecule has 0 amide bonds. The quantitative estimate of drug-likeness (QED) is 0.476. The number of hydrogen-bond acceptors (Lipinski definition) is 1. The van der Waals surface area contributed by atoms with Crippen LogP contribution in [0.5, 0.6) is 0 Å². The van der Waals surface area contributed by atoms with Crippen molar-refractivity contribution < 1.29 is 0 Å². The summed E-state index contributed by atoms with van der Waals surface area (Å²) in [6.45, 7) is 10.2. The van der Waals surface area contributed by atoms with Crippen molar-refractivity contribution in [3.8, 4) is 0 Å². The molecular formula is C11H24N2. The van der Waals surface area contributed by atoms with Crippen molar-refractivity contribution in [3.05, 3.63) is 12.2 Å². The van der Waals surface area contributed by atoms with E-state index in [1.807, 2.05) is 51.9 Å². The summed E-state index contributed by atoms with van der Waals surface area (Å²) >= 11 is 0. The lowest BCUT2D eigenvalue weighted by atomic mass is 10.4. The summed E-state index contributed by atoms with van der Waals surface area (Å²) in [5.41, 5.74) is 0. The monoisotopic (exact) mass is 184 g/mol. The zero-order chi connectivity index (χ0) is 10.9. The summed E-state index contributed by atoms with van der Waals surface area (Å²) in [6, 6.07) is 0.364. The maximum absolute atomic E-state index is 4.42. The molecule has 0 bridgehead atoms. The fourth-order valence-electron chi connectivity index (χ4n) is 0.721. The summed E-state index contributed by atoms with van der Waals surface area (Å²) in [5.74, 6) is 1.03. The molecule has 78 valence electrons. The Morgan fingerprint density at radius 3 is 1.92 bits per heavy atom. The van der Waals surface area contributed by atoms with Crippen LogP contribution in [0.4, 0.5) is 0 Å². The van der Waals surface area contributed by atoms with E-state index in [1.165, 1.54) is 0 Å². The first-order valence-corrected chi connectivity index (χ1v) is 4.95. The molecule has 0 spiro atoms. The van der Waals surface area contributed by atoms with Crippen LogP contribution in [0.3, 0.4) is 0 Å². The van der Waals surface area contributed by atoms with Gasteiger partial charge in [0.05, 0.1) is 0 Å². The Kier molecular flexibility index (Phi) is 10.5. The molecule has 0 aliphatic rings. The van der Waals surface area contributed by atoms with Crippen LogP contribution in [0.25, 0.3) is 0 Å². The van der Waals surface area contributed by atoms with Crippen molar-refractivity contribution in [2.75, 3.05) is 14.1 Å². The molecule has 0 aliphatic heterocycles. The minimum absolute atomic E-state index is 0.364. The Bertz CT molecular complexity index is 155. The fraction of sp³-hybridized carbons (Fsp3) is 0.727. The minimum Gasteiger partial charge on any atom is -0.363 e. The second-order valence-corrected chi connectivity index (χ2v) is 2.98. The highest BCUT2D eigenvalue weighted by Crippen LogP contribution is 1.93. The molecule has 0 aromatic rings. The summed E-state index contributed by atoms with van der Waals surface area (Å²) in [5, 5.41) is 0. The van der Waals surface area contributed by atoms with Gasteiger partial charge >= 0.3 is 0 Å². The number of likely N-dealkylation sites (N-methyl/N-ethyl adjacent to an activating group) is 1.